The van der Waals surface area contributed by atoms with E-state index in [4.69, 9.17) is 4.74 Å². The lowest BCUT2D eigenvalue weighted by atomic mass is 10.0. The van der Waals surface area contributed by atoms with Crippen LogP contribution in [0.3, 0.4) is 0 Å². The van der Waals surface area contributed by atoms with Crippen LogP contribution in [0.4, 0.5) is 4.39 Å². The van der Waals surface area contributed by atoms with Gasteiger partial charge in [0.2, 0.25) is 0 Å². The van der Waals surface area contributed by atoms with Crippen LogP contribution in [0.2, 0.25) is 0 Å². The number of nitrogens with zero attached hydrogens (tertiary/aromatic N) is 1. The van der Waals surface area contributed by atoms with Crippen molar-refractivity contribution in [3.63, 3.8) is 0 Å². The normalized spacial score (nSPS) is 19.2. The summed E-state index contributed by atoms with van der Waals surface area (Å²) in [7, 11) is 1.71. The average molecular weight is 330 g/mol. The third-order valence-electron chi connectivity index (χ3n) is 3.29. The van der Waals surface area contributed by atoms with E-state index >= 15 is 0 Å². The Labute approximate surface area is 120 Å². The molecule has 104 valence electrons. The van der Waals surface area contributed by atoms with Crippen molar-refractivity contribution in [1.29, 1.82) is 0 Å². The van der Waals surface area contributed by atoms with Crippen LogP contribution in [0.25, 0.3) is 0 Å². The van der Waals surface area contributed by atoms with Crippen LogP contribution >= 0.6 is 15.9 Å². The number of rotatable bonds is 3. The van der Waals surface area contributed by atoms with Crippen LogP contribution in [0, 0.1) is 11.7 Å². The van der Waals surface area contributed by atoms with E-state index in [1.54, 1.807) is 18.0 Å². The Bertz CT molecular complexity index is 461. The molecule has 1 aliphatic heterocycles. The van der Waals surface area contributed by atoms with Gasteiger partial charge in [0.15, 0.2) is 0 Å². The quantitative estimate of drug-likeness (QED) is 0.852. The van der Waals surface area contributed by atoms with Gasteiger partial charge in [-0.15, -0.1) is 0 Å². The van der Waals surface area contributed by atoms with Crippen molar-refractivity contribution in [3.8, 4) is 0 Å². The largest absolute Gasteiger partial charge is 0.381 e. The molecule has 1 aliphatic rings. The smallest absolute Gasteiger partial charge is 0.256 e. The summed E-state index contributed by atoms with van der Waals surface area (Å²) >= 11 is 3.18. The molecule has 0 radical (unpaired) electrons. The number of amides is 1. The number of carbonyl (C=O) groups is 1. The van der Waals surface area contributed by atoms with E-state index in [-0.39, 0.29) is 11.5 Å². The summed E-state index contributed by atoms with van der Waals surface area (Å²) in [5, 5.41) is 0. The van der Waals surface area contributed by atoms with Crippen LogP contribution < -0.4 is 0 Å². The molecular formula is C14H17BrFNO2. The molecule has 1 unspecified atom stereocenters. The number of benzene rings is 1. The number of hydrogen-bond acceptors (Lipinski definition) is 2. The van der Waals surface area contributed by atoms with E-state index in [9.17, 15) is 9.18 Å². The predicted molar refractivity (Wildman–Crippen MR) is 74.6 cm³/mol. The van der Waals surface area contributed by atoms with Gasteiger partial charge in [0.05, 0.1) is 12.2 Å². The highest BCUT2D eigenvalue weighted by Gasteiger charge is 2.21. The molecule has 0 bridgehead atoms. The van der Waals surface area contributed by atoms with E-state index in [1.807, 2.05) is 0 Å². The molecule has 0 aliphatic carbocycles. The summed E-state index contributed by atoms with van der Waals surface area (Å²) in [4.78, 5) is 13.8. The first-order valence-electron chi connectivity index (χ1n) is 6.36. The third kappa shape index (κ3) is 3.76. The lowest BCUT2D eigenvalue weighted by Gasteiger charge is -2.27. The Kier molecular flexibility index (Phi) is 4.93. The number of halogens is 2. The van der Waals surface area contributed by atoms with E-state index < -0.39 is 5.82 Å². The molecule has 0 aromatic heterocycles. The molecule has 1 fully saturated rings. The second-order valence-corrected chi connectivity index (χ2v) is 5.81. The summed E-state index contributed by atoms with van der Waals surface area (Å²) < 4.78 is 19.8. The van der Waals surface area contributed by atoms with Crippen LogP contribution in [0.1, 0.15) is 23.2 Å². The fourth-order valence-corrected chi connectivity index (χ4v) is 2.62. The Morgan fingerprint density at radius 2 is 2.37 bits per heavy atom. The van der Waals surface area contributed by atoms with Crippen molar-refractivity contribution in [1.82, 2.24) is 4.90 Å². The lowest BCUT2D eigenvalue weighted by molar-refractivity contribution is 0.0387. The molecule has 1 aromatic rings. The molecule has 1 amide bonds. The van der Waals surface area contributed by atoms with Crippen molar-refractivity contribution < 1.29 is 13.9 Å². The summed E-state index contributed by atoms with van der Waals surface area (Å²) in [6.07, 6.45) is 2.08. The molecule has 3 nitrogen and oxygen atoms in total. The van der Waals surface area contributed by atoms with Gasteiger partial charge in [-0.3, -0.25) is 4.79 Å². The molecular weight excluding hydrogens is 313 g/mol. The van der Waals surface area contributed by atoms with Crippen LogP contribution in [0.15, 0.2) is 22.7 Å². The maximum atomic E-state index is 13.7. The zero-order valence-corrected chi connectivity index (χ0v) is 12.5. The predicted octanol–water partition coefficient (Wildman–Crippen LogP) is 3.09. The van der Waals surface area contributed by atoms with Crippen molar-refractivity contribution in [2.45, 2.75) is 12.8 Å². The molecule has 5 heteroatoms. The Morgan fingerprint density at radius 3 is 3.00 bits per heavy atom. The van der Waals surface area contributed by atoms with Gasteiger partial charge < -0.3 is 9.64 Å². The monoisotopic (exact) mass is 329 g/mol. The standard InChI is InChI=1S/C14H17BrFNO2/c1-17(8-10-3-2-6-19-9-10)14(18)12-5-4-11(15)7-13(12)16/h4-5,7,10H,2-3,6,8-9H2,1H3. The van der Waals surface area contributed by atoms with Crippen molar-refractivity contribution in [2.24, 2.45) is 5.92 Å². The van der Waals surface area contributed by atoms with Gasteiger partial charge in [-0.1, -0.05) is 15.9 Å². The number of carbonyl (C=O) groups excluding carboxylic acids is 1. The fraction of sp³-hybridized carbons (Fsp3) is 0.500. The molecule has 1 atom stereocenters. The van der Waals surface area contributed by atoms with Gasteiger partial charge >= 0.3 is 0 Å². The second kappa shape index (κ2) is 6.48. The fourth-order valence-electron chi connectivity index (χ4n) is 2.29. The van der Waals surface area contributed by atoms with Crippen LogP contribution in [-0.4, -0.2) is 37.6 Å². The first-order valence-corrected chi connectivity index (χ1v) is 7.15. The van der Waals surface area contributed by atoms with Gasteiger partial charge in [0.1, 0.15) is 5.82 Å². The lowest BCUT2D eigenvalue weighted by Crippen LogP contribution is -2.35. The SMILES string of the molecule is CN(CC1CCCOC1)C(=O)c1ccc(Br)cc1F. The minimum atomic E-state index is -0.494. The highest BCUT2D eigenvalue weighted by Crippen LogP contribution is 2.19. The second-order valence-electron chi connectivity index (χ2n) is 4.89. The third-order valence-corrected chi connectivity index (χ3v) is 3.79. The zero-order chi connectivity index (χ0) is 13.8. The maximum absolute atomic E-state index is 13.7. The Morgan fingerprint density at radius 1 is 1.58 bits per heavy atom. The minimum Gasteiger partial charge on any atom is -0.381 e. The van der Waals surface area contributed by atoms with Gasteiger partial charge in [0, 0.05) is 24.7 Å². The van der Waals surface area contributed by atoms with Gasteiger partial charge in [-0.2, -0.15) is 0 Å². The van der Waals surface area contributed by atoms with Crippen molar-refractivity contribution >= 4 is 21.8 Å². The topological polar surface area (TPSA) is 29.5 Å². The molecule has 0 spiro atoms. The first-order chi connectivity index (χ1) is 9.08. The molecule has 19 heavy (non-hydrogen) atoms. The maximum Gasteiger partial charge on any atom is 0.256 e. The molecule has 0 N–H and O–H groups in total. The summed E-state index contributed by atoms with van der Waals surface area (Å²) in [6.45, 7) is 2.09. The zero-order valence-electron chi connectivity index (χ0n) is 10.9. The first kappa shape index (κ1) is 14.5. The van der Waals surface area contributed by atoms with Gasteiger partial charge in [-0.25, -0.2) is 4.39 Å². The van der Waals surface area contributed by atoms with E-state index in [0.29, 0.717) is 23.5 Å². The summed E-state index contributed by atoms with van der Waals surface area (Å²) in [5.41, 5.74) is 0.113. The highest BCUT2D eigenvalue weighted by molar-refractivity contribution is 9.10. The average Bonchev–Trinajstić information content (AvgIpc) is 2.39. The Balaban J connectivity index is 2.01. The number of hydrogen-bond donors (Lipinski definition) is 0. The van der Waals surface area contributed by atoms with Crippen molar-refractivity contribution in [3.05, 3.63) is 34.1 Å². The molecule has 0 saturated carbocycles. The molecule has 1 aromatic carbocycles. The van der Waals surface area contributed by atoms with Crippen LogP contribution in [-0.2, 0) is 4.74 Å². The van der Waals surface area contributed by atoms with Gasteiger partial charge in [0.25, 0.3) is 5.91 Å². The molecule has 1 heterocycles. The highest BCUT2D eigenvalue weighted by atomic mass is 79.9. The van der Waals surface area contributed by atoms with Crippen molar-refractivity contribution in [2.75, 3.05) is 26.8 Å². The molecule has 2 rings (SSSR count). The summed E-state index contributed by atoms with van der Waals surface area (Å²) in [5.74, 6) is -0.428. The Hall–Kier alpha value is -0.940. The minimum absolute atomic E-state index is 0.113. The van der Waals surface area contributed by atoms with E-state index in [2.05, 4.69) is 15.9 Å². The summed E-state index contributed by atoms with van der Waals surface area (Å²) in [6, 6.07) is 4.49. The molecule has 1 saturated heterocycles. The number of ether oxygens (including phenoxy) is 1. The van der Waals surface area contributed by atoms with E-state index in [1.165, 1.54) is 12.1 Å². The van der Waals surface area contributed by atoms with Crippen LogP contribution in [0.5, 0.6) is 0 Å². The van der Waals surface area contributed by atoms with E-state index in [0.717, 1.165) is 19.4 Å². The van der Waals surface area contributed by atoms with Gasteiger partial charge in [-0.05, 0) is 37.0 Å².